The molecule has 0 aromatic heterocycles. The SMILES string of the molecule is NC[C@@H](O)CN1CN(c2ccc(F)cc2)C2(CCN(CC3CCCCCCC3)CC2)C1=O. The number of anilines is 1. The number of aliphatic hydroxyl groups is 1. The van der Waals surface area contributed by atoms with Crippen molar-refractivity contribution in [2.24, 2.45) is 11.7 Å². The summed E-state index contributed by atoms with van der Waals surface area (Å²) in [6.07, 6.45) is 10.2. The lowest BCUT2D eigenvalue weighted by molar-refractivity contribution is -0.134. The Balaban J connectivity index is 1.47. The summed E-state index contributed by atoms with van der Waals surface area (Å²) in [5, 5.41) is 10.1. The zero-order valence-electron chi connectivity index (χ0n) is 19.2. The first-order valence-electron chi connectivity index (χ1n) is 12.4. The van der Waals surface area contributed by atoms with Gasteiger partial charge in [0.2, 0.25) is 5.91 Å². The third-order valence-corrected chi connectivity index (χ3v) is 7.78. The first-order chi connectivity index (χ1) is 15.5. The average molecular weight is 447 g/mol. The molecule has 3 N–H and O–H groups in total. The number of β-amino-alcohol motifs (C(OH)–C–C–N with tert-alkyl or cyclic N) is 1. The van der Waals surface area contributed by atoms with Gasteiger partial charge in [0.25, 0.3) is 0 Å². The van der Waals surface area contributed by atoms with Gasteiger partial charge in [-0.25, -0.2) is 4.39 Å². The Bertz CT molecular complexity index is 743. The van der Waals surface area contributed by atoms with Gasteiger partial charge in [-0.2, -0.15) is 0 Å². The second-order valence-corrected chi connectivity index (χ2v) is 10.0. The summed E-state index contributed by atoms with van der Waals surface area (Å²) in [6.45, 7) is 3.70. The number of likely N-dealkylation sites (tertiary alicyclic amines) is 1. The predicted octanol–water partition coefficient (Wildman–Crippen LogP) is 2.95. The number of amides is 1. The van der Waals surface area contributed by atoms with Crippen molar-refractivity contribution in [3.63, 3.8) is 0 Å². The van der Waals surface area contributed by atoms with E-state index in [0.717, 1.165) is 44.1 Å². The van der Waals surface area contributed by atoms with Crippen LogP contribution in [0.5, 0.6) is 0 Å². The maximum absolute atomic E-state index is 13.6. The van der Waals surface area contributed by atoms with Gasteiger partial charge in [0.1, 0.15) is 11.4 Å². The largest absolute Gasteiger partial charge is 0.390 e. The van der Waals surface area contributed by atoms with Crippen molar-refractivity contribution < 1.29 is 14.3 Å². The van der Waals surface area contributed by atoms with Gasteiger partial charge in [-0.1, -0.05) is 32.1 Å². The highest BCUT2D eigenvalue weighted by atomic mass is 19.1. The number of benzene rings is 1. The molecule has 1 aromatic rings. The number of nitrogens with zero attached hydrogens (tertiary/aromatic N) is 3. The Morgan fingerprint density at radius 3 is 2.31 bits per heavy atom. The van der Waals surface area contributed by atoms with Gasteiger partial charge < -0.3 is 25.5 Å². The third-order valence-electron chi connectivity index (χ3n) is 7.78. The van der Waals surface area contributed by atoms with E-state index >= 15 is 0 Å². The van der Waals surface area contributed by atoms with Crippen molar-refractivity contribution in [3.05, 3.63) is 30.1 Å². The van der Waals surface area contributed by atoms with Gasteiger partial charge in [0.05, 0.1) is 12.8 Å². The van der Waals surface area contributed by atoms with E-state index in [9.17, 15) is 14.3 Å². The summed E-state index contributed by atoms with van der Waals surface area (Å²) >= 11 is 0. The van der Waals surface area contributed by atoms with E-state index < -0.39 is 11.6 Å². The summed E-state index contributed by atoms with van der Waals surface area (Å²) in [6, 6.07) is 6.42. The van der Waals surface area contributed by atoms with Crippen LogP contribution in [0.4, 0.5) is 10.1 Å². The fraction of sp³-hybridized carbons (Fsp3) is 0.720. The highest BCUT2D eigenvalue weighted by Gasteiger charge is 2.53. The molecule has 6 nitrogen and oxygen atoms in total. The van der Waals surface area contributed by atoms with Gasteiger partial charge in [0, 0.05) is 38.4 Å². The summed E-state index contributed by atoms with van der Waals surface area (Å²) < 4.78 is 13.6. The van der Waals surface area contributed by atoms with Gasteiger partial charge in [-0.15, -0.1) is 0 Å². The summed E-state index contributed by atoms with van der Waals surface area (Å²) in [5.41, 5.74) is 5.84. The number of halogens is 1. The molecule has 0 radical (unpaired) electrons. The molecule has 2 heterocycles. The lowest BCUT2D eigenvalue weighted by Gasteiger charge is -2.44. The van der Waals surface area contributed by atoms with Crippen LogP contribution in [0.15, 0.2) is 24.3 Å². The van der Waals surface area contributed by atoms with Crippen molar-refractivity contribution in [1.82, 2.24) is 9.80 Å². The minimum atomic E-state index is -0.733. The topological polar surface area (TPSA) is 73.0 Å². The number of hydrogen-bond donors (Lipinski definition) is 2. The quantitative estimate of drug-likeness (QED) is 0.703. The van der Waals surface area contributed by atoms with E-state index in [1.54, 1.807) is 17.0 Å². The highest BCUT2D eigenvalue weighted by molar-refractivity contribution is 5.93. The molecule has 1 atom stereocenters. The maximum atomic E-state index is 13.6. The van der Waals surface area contributed by atoms with Crippen LogP contribution in [0.25, 0.3) is 0 Å². The fourth-order valence-electron chi connectivity index (χ4n) is 5.88. The Morgan fingerprint density at radius 1 is 1.06 bits per heavy atom. The first-order valence-corrected chi connectivity index (χ1v) is 12.4. The first kappa shape index (κ1) is 23.5. The molecule has 1 aliphatic carbocycles. The van der Waals surface area contributed by atoms with Gasteiger partial charge in [0.15, 0.2) is 0 Å². The smallest absolute Gasteiger partial charge is 0.250 e. The molecule has 2 aliphatic heterocycles. The van der Waals surface area contributed by atoms with Gasteiger partial charge in [-0.3, -0.25) is 4.79 Å². The Morgan fingerprint density at radius 2 is 1.69 bits per heavy atom. The van der Waals surface area contributed by atoms with Crippen LogP contribution < -0.4 is 10.6 Å². The number of carbonyl (C=O) groups is 1. The molecule has 7 heteroatoms. The Hall–Kier alpha value is -1.70. The standard InChI is InChI=1S/C25H39FN4O2/c26-21-8-10-22(11-9-21)30-19-29(18-23(31)16-27)24(32)25(30)12-14-28(15-13-25)17-20-6-4-2-1-3-5-7-20/h8-11,20,23,31H,1-7,12-19,27H2/t23-/m1/s1. The van der Waals surface area contributed by atoms with Crippen molar-refractivity contribution in [1.29, 1.82) is 0 Å². The predicted molar refractivity (Wildman–Crippen MR) is 125 cm³/mol. The van der Waals surface area contributed by atoms with E-state index in [-0.39, 0.29) is 24.8 Å². The summed E-state index contributed by atoms with van der Waals surface area (Å²) in [4.78, 5) is 20.0. The van der Waals surface area contributed by atoms with E-state index in [1.165, 1.54) is 57.1 Å². The molecule has 0 bridgehead atoms. The van der Waals surface area contributed by atoms with Crippen molar-refractivity contribution in [2.45, 2.75) is 69.4 Å². The number of aliphatic hydroxyl groups excluding tert-OH is 1. The molecular weight excluding hydrogens is 407 g/mol. The molecule has 32 heavy (non-hydrogen) atoms. The van der Waals surface area contributed by atoms with Gasteiger partial charge in [-0.05, 0) is 55.9 Å². The molecule has 178 valence electrons. The van der Waals surface area contributed by atoms with Crippen LogP contribution in [-0.2, 0) is 4.79 Å². The molecule has 2 saturated heterocycles. The molecular formula is C25H39FN4O2. The van der Waals surface area contributed by atoms with Crippen LogP contribution in [0.1, 0.15) is 57.8 Å². The van der Waals surface area contributed by atoms with Crippen LogP contribution >= 0.6 is 0 Å². The van der Waals surface area contributed by atoms with Crippen molar-refractivity contribution in [2.75, 3.05) is 44.3 Å². The fourth-order valence-corrected chi connectivity index (χ4v) is 5.88. The molecule has 1 saturated carbocycles. The molecule has 3 fully saturated rings. The van der Waals surface area contributed by atoms with E-state index in [2.05, 4.69) is 9.80 Å². The van der Waals surface area contributed by atoms with Crippen LogP contribution in [0, 0.1) is 11.7 Å². The van der Waals surface area contributed by atoms with Crippen LogP contribution in [0.2, 0.25) is 0 Å². The summed E-state index contributed by atoms with van der Waals surface area (Å²) in [5.74, 6) is 0.561. The Kier molecular flexibility index (Phi) is 7.69. The highest BCUT2D eigenvalue weighted by Crippen LogP contribution is 2.40. The third kappa shape index (κ3) is 5.10. The normalized spacial score (nSPS) is 24.0. The lowest BCUT2D eigenvalue weighted by Crippen LogP contribution is -2.57. The molecule has 1 aromatic carbocycles. The van der Waals surface area contributed by atoms with E-state index in [4.69, 9.17) is 5.73 Å². The van der Waals surface area contributed by atoms with Crippen molar-refractivity contribution >= 4 is 11.6 Å². The zero-order valence-corrected chi connectivity index (χ0v) is 19.2. The average Bonchev–Trinajstić information content (AvgIpc) is 3.03. The number of nitrogens with two attached hydrogens (primary N) is 1. The zero-order chi connectivity index (χ0) is 22.6. The molecule has 0 unspecified atom stereocenters. The second-order valence-electron chi connectivity index (χ2n) is 10.0. The van der Waals surface area contributed by atoms with Crippen molar-refractivity contribution in [3.8, 4) is 0 Å². The maximum Gasteiger partial charge on any atom is 0.250 e. The number of carbonyl (C=O) groups excluding carboxylic acids is 1. The van der Waals surface area contributed by atoms with Crippen LogP contribution in [0.3, 0.4) is 0 Å². The minimum Gasteiger partial charge on any atom is -0.390 e. The number of piperidine rings is 1. The monoisotopic (exact) mass is 446 g/mol. The molecule has 1 spiro atoms. The number of rotatable bonds is 6. The van der Waals surface area contributed by atoms with E-state index in [0.29, 0.717) is 6.67 Å². The minimum absolute atomic E-state index is 0.0694. The summed E-state index contributed by atoms with van der Waals surface area (Å²) in [7, 11) is 0. The van der Waals surface area contributed by atoms with E-state index in [1.807, 2.05) is 0 Å². The van der Waals surface area contributed by atoms with Crippen LogP contribution in [-0.4, -0.2) is 71.8 Å². The Labute approximate surface area is 191 Å². The molecule has 4 rings (SSSR count). The molecule has 3 aliphatic rings. The second kappa shape index (κ2) is 10.5. The number of hydrogen-bond acceptors (Lipinski definition) is 5. The molecule has 1 amide bonds. The van der Waals surface area contributed by atoms with Gasteiger partial charge >= 0.3 is 0 Å². The lowest BCUT2D eigenvalue weighted by atomic mass is 9.84.